The van der Waals surface area contributed by atoms with E-state index in [1.165, 1.54) is 29.5 Å². The summed E-state index contributed by atoms with van der Waals surface area (Å²) in [5.41, 5.74) is 6.92. The van der Waals surface area contributed by atoms with Gasteiger partial charge in [0.25, 0.3) is 10.0 Å². The molecule has 1 aromatic carbocycles. The van der Waals surface area contributed by atoms with E-state index >= 15 is 0 Å². The second-order valence-corrected chi connectivity index (χ2v) is 7.70. The van der Waals surface area contributed by atoms with E-state index in [2.05, 4.69) is 9.71 Å². The van der Waals surface area contributed by atoms with Crippen molar-refractivity contribution in [2.45, 2.75) is 24.2 Å². The number of anilines is 2. The highest BCUT2D eigenvalue weighted by atomic mass is 35.5. The molecule has 5 nitrogen and oxygen atoms in total. The van der Waals surface area contributed by atoms with Gasteiger partial charge in [-0.3, -0.25) is 4.72 Å². The van der Waals surface area contributed by atoms with Crippen molar-refractivity contribution in [3.8, 4) is 0 Å². The lowest BCUT2D eigenvalue weighted by Crippen LogP contribution is -2.13. The molecule has 2 aromatic rings. The SMILES string of the molecule is Nc1ccc(S(=O)(=O)Nc2nc3c(s2)CCC3)cc1Cl. The third-order valence-corrected chi connectivity index (χ3v) is 5.97. The average Bonchev–Trinajstić information content (AvgIpc) is 2.92. The zero-order chi connectivity index (χ0) is 14.3. The fourth-order valence-corrected chi connectivity index (χ4v) is 4.64. The number of aromatic nitrogens is 1. The number of sulfonamides is 1. The van der Waals surface area contributed by atoms with Crippen LogP contribution in [0.5, 0.6) is 0 Å². The molecule has 0 aliphatic heterocycles. The van der Waals surface area contributed by atoms with Crippen LogP contribution in [0.1, 0.15) is 17.0 Å². The molecule has 1 heterocycles. The normalized spacial score (nSPS) is 14.2. The molecule has 0 radical (unpaired) electrons. The van der Waals surface area contributed by atoms with Crippen molar-refractivity contribution in [3.05, 3.63) is 33.8 Å². The largest absolute Gasteiger partial charge is 0.398 e. The smallest absolute Gasteiger partial charge is 0.263 e. The van der Waals surface area contributed by atoms with E-state index in [0.717, 1.165) is 29.8 Å². The van der Waals surface area contributed by atoms with Gasteiger partial charge in [-0.05, 0) is 37.5 Å². The van der Waals surface area contributed by atoms with Crippen molar-refractivity contribution >= 4 is 43.8 Å². The number of nitrogens with zero attached hydrogens (tertiary/aromatic N) is 1. The summed E-state index contributed by atoms with van der Waals surface area (Å²) in [7, 11) is -3.68. The van der Waals surface area contributed by atoms with Gasteiger partial charge in [-0.2, -0.15) is 0 Å². The lowest BCUT2D eigenvalue weighted by Gasteiger charge is -2.06. The molecule has 0 fully saturated rings. The number of fused-ring (bicyclic) bond motifs is 1. The number of nitrogens with one attached hydrogen (secondary N) is 1. The predicted molar refractivity (Wildman–Crippen MR) is 80.8 cm³/mol. The van der Waals surface area contributed by atoms with Crippen molar-refractivity contribution in [1.29, 1.82) is 0 Å². The summed E-state index contributed by atoms with van der Waals surface area (Å²) in [6, 6.07) is 4.23. The van der Waals surface area contributed by atoms with Crippen molar-refractivity contribution in [2.75, 3.05) is 10.5 Å². The maximum Gasteiger partial charge on any atom is 0.263 e. The average molecular weight is 330 g/mol. The van der Waals surface area contributed by atoms with Crippen molar-refractivity contribution in [1.82, 2.24) is 4.98 Å². The predicted octanol–water partition coefficient (Wildman–Crippen LogP) is 2.67. The molecule has 0 atom stereocenters. The summed E-state index contributed by atoms with van der Waals surface area (Å²) in [4.78, 5) is 5.55. The minimum absolute atomic E-state index is 0.0760. The van der Waals surface area contributed by atoms with Gasteiger partial charge in [-0.1, -0.05) is 11.6 Å². The molecule has 1 aliphatic carbocycles. The molecule has 8 heteroatoms. The van der Waals surface area contributed by atoms with Crippen molar-refractivity contribution in [3.63, 3.8) is 0 Å². The number of rotatable bonds is 3. The lowest BCUT2D eigenvalue weighted by atomic mass is 10.3. The molecule has 1 aliphatic rings. The van der Waals surface area contributed by atoms with Gasteiger partial charge in [0.05, 0.1) is 21.3 Å². The molecule has 0 spiro atoms. The van der Waals surface area contributed by atoms with Crippen molar-refractivity contribution in [2.24, 2.45) is 0 Å². The van der Waals surface area contributed by atoms with Crippen LogP contribution in [-0.2, 0) is 22.9 Å². The highest BCUT2D eigenvalue weighted by molar-refractivity contribution is 7.93. The van der Waals surface area contributed by atoms with Gasteiger partial charge in [0.1, 0.15) is 0 Å². The fraction of sp³-hybridized carbons (Fsp3) is 0.250. The Labute approximate surface area is 125 Å². The Morgan fingerprint density at radius 2 is 2.15 bits per heavy atom. The topological polar surface area (TPSA) is 85.1 Å². The molecule has 0 bridgehead atoms. The standard InChI is InChI=1S/C12H12ClN3O2S2/c13-8-6-7(4-5-9(8)14)20(17,18)16-12-15-10-2-1-3-11(10)19-12/h4-6H,1-3,14H2,(H,15,16). The van der Waals surface area contributed by atoms with Crippen LogP contribution in [-0.4, -0.2) is 13.4 Å². The number of hydrogen-bond acceptors (Lipinski definition) is 5. The van der Waals surface area contributed by atoms with E-state index in [1.807, 2.05) is 0 Å². The van der Waals surface area contributed by atoms with E-state index in [9.17, 15) is 8.42 Å². The van der Waals surface area contributed by atoms with E-state index < -0.39 is 10.0 Å². The number of aryl methyl sites for hydroxylation is 2. The van der Waals surface area contributed by atoms with Gasteiger partial charge in [0.2, 0.25) is 0 Å². The minimum atomic E-state index is -3.68. The molecular formula is C12H12ClN3O2S2. The van der Waals surface area contributed by atoms with Gasteiger partial charge in [0, 0.05) is 4.88 Å². The molecule has 0 unspecified atom stereocenters. The van der Waals surface area contributed by atoms with Crippen LogP contribution in [0.4, 0.5) is 10.8 Å². The monoisotopic (exact) mass is 329 g/mol. The second kappa shape index (κ2) is 4.91. The van der Waals surface area contributed by atoms with Crippen LogP contribution in [0.2, 0.25) is 5.02 Å². The number of nitrogen functional groups attached to an aromatic ring is 1. The fourth-order valence-electron chi connectivity index (χ4n) is 2.08. The molecule has 106 valence electrons. The maximum atomic E-state index is 12.2. The third-order valence-electron chi connectivity index (χ3n) is 3.10. The van der Waals surface area contributed by atoms with Crippen molar-refractivity contribution < 1.29 is 8.42 Å². The Bertz CT molecular complexity index is 750. The Balaban J connectivity index is 1.89. The summed E-state index contributed by atoms with van der Waals surface area (Å²) < 4.78 is 27.0. The van der Waals surface area contributed by atoms with E-state index in [4.69, 9.17) is 17.3 Å². The first-order valence-electron chi connectivity index (χ1n) is 6.02. The highest BCUT2D eigenvalue weighted by Gasteiger charge is 2.21. The van der Waals surface area contributed by atoms with Crippen LogP contribution in [0.3, 0.4) is 0 Å². The summed E-state index contributed by atoms with van der Waals surface area (Å²) >= 11 is 7.25. The molecule has 0 saturated carbocycles. The highest BCUT2D eigenvalue weighted by Crippen LogP contribution is 2.32. The summed E-state index contributed by atoms with van der Waals surface area (Å²) in [5, 5.41) is 0.622. The van der Waals surface area contributed by atoms with Crippen LogP contribution in [0.25, 0.3) is 0 Å². The molecule has 0 amide bonds. The lowest BCUT2D eigenvalue weighted by molar-refractivity contribution is 0.601. The first-order valence-corrected chi connectivity index (χ1v) is 8.70. The molecule has 1 aromatic heterocycles. The molecular weight excluding hydrogens is 318 g/mol. The summed E-state index contributed by atoms with van der Waals surface area (Å²) in [6.45, 7) is 0. The van der Waals surface area contributed by atoms with Gasteiger partial charge >= 0.3 is 0 Å². The molecule has 0 saturated heterocycles. The Hall–Kier alpha value is -1.31. The van der Waals surface area contributed by atoms with Gasteiger partial charge in [-0.25, -0.2) is 13.4 Å². The van der Waals surface area contributed by atoms with Gasteiger partial charge in [-0.15, -0.1) is 11.3 Å². The number of benzene rings is 1. The maximum absolute atomic E-state index is 12.2. The number of nitrogens with two attached hydrogens (primary N) is 1. The number of halogens is 1. The van der Waals surface area contributed by atoms with E-state index in [-0.39, 0.29) is 9.92 Å². The third kappa shape index (κ3) is 2.48. The van der Waals surface area contributed by atoms with E-state index in [1.54, 1.807) is 0 Å². The number of hydrogen-bond donors (Lipinski definition) is 2. The van der Waals surface area contributed by atoms with Crippen LogP contribution >= 0.6 is 22.9 Å². The van der Waals surface area contributed by atoms with E-state index in [0.29, 0.717) is 10.8 Å². The second-order valence-electron chi connectivity index (χ2n) is 4.53. The first kappa shape index (κ1) is 13.7. The molecule has 3 rings (SSSR count). The summed E-state index contributed by atoms with van der Waals surface area (Å²) in [5.74, 6) is 0. The first-order chi connectivity index (χ1) is 9.45. The molecule has 20 heavy (non-hydrogen) atoms. The zero-order valence-electron chi connectivity index (χ0n) is 10.4. The Kier molecular flexibility index (Phi) is 3.35. The summed E-state index contributed by atoms with van der Waals surface area (Å²) in [6.07, 6.45) is 2.98. The van der Waals surface area contributed by atoms with Gasteiger partial charge < -0.3 is 5.73 Å². The number of thiazole rings is 1. The van der Waals surface area contributed by atoms with Crippen LogP contribution in [0.15, 0.2) is 23.1 Å². The van der Waals surface area contributed by atoms with Crippen LogP contribution < -0.4 is 10.5 Å². The minimum Gasteiger partial charge on any atom is -0.398 e. The van der Waals surface area contributed by atoms with Gasteiger partial charge in [0.15, 0.2) is 5.13 Å². The van der Waals surface area contributed by atoms with Crippen LogP contribution in [0, 0.1) is 0 Å². The quantitative estimate of drug-likeness (QED) is 0.848. The molecule has 3 N–H and O–H groups in total. The Morgan fingerprint density at radius 1 is 1.35 bits per heavy atom. The Morgan fingerprint density at radius 3 is 2.85 bits per heavy atom. The zero-order valence-corrected chi connectivity index (χ0v) is 12.8.